The van der Waals surface area contributed by atoms with E-state index in [0.717, 1.165) is 38.9 Å². The molecule has 1 heterocycles. The van der Waals surface area contributed by atoms with E-state index in [4.69, 9.17) is 4.74 Å². The van der Waals surface area contributed by atoms with Crippen molar-refractivity contribution in [2.45, 2.75) is 32.6 Å². The number of ether oxygens (including phenoxy) is 1. The van der Waals surface area contributed by atoms with Crippen LogP contribution in [0.1, 0.15) is 38.2 Å². The monoisotopic (exact) mass is 303 g/mol. The molecular weight excluding hydrogens is 278 g/mol. The van der Waals surface area contributed by atoms with Crippen LogP contribution >= 0.6 is 0 Å². The number of aromatic hydroxyl groups is 1. The lowest BCUT2D eigenvalue weighted by Gasteiger charge is -2.26. The molecule has 0 amide bonds. The fourth-order valence-electron chi connectivity index (χ4n) is 2.69. The predicted octanol–water partition coefficient (Wildman–Crippen LogP) is 3.21. The molecule has 0 fully saturated rings. The highest BCUT2D eigenvalue weighted by Crippen LogP contribution is 2.24. The Labute approximate surface area is 132 Å². The topological polar surface area (TPSA) is 49.8 Å². The van der Waals surface area contributed by atoms with Crippen molar-refractivity contribution in [3.05, 3.63) is 35.9 Å². The number of hydrogen-bond donors (Lipinski definition) is 1. The highest BCUT2D eigenvalue weighted by molar-refractivity contribution is 5.69. The summed E-state index contributed by atoms with van der Waals surface area (Å²) in [6.45, 7) is 5.33. The second-order valence-corrected chi connectivity index (χ2v) is 5.59. The molecule has 0 saturated heterocycles. The van der Waals surface area contributed by atoms with Gasteiger partial charge in [-0.1, -0.05) is 18.2 Å². The number of benzene rings is 1. The molecule has 1 N–H and O–H groups in total. The maximum atomic E-state index is 11.3. The van der Waals surface area contributed by atoms with Crippen LogP contribution in [0, 0.1) is 0 Å². The maximum Gasteiger partial charge on any atom is 0.305 e. The van der Waals surface area contributed by atoms with E-state index >= 15 is 0 Å². The number of carbonyl (C=O) groups excluding carboxylic acids is 1. The number of phenolic OH excluding ortho intramolecular Hbond substituents is 1. The fourth-order valence-corrected chi connectivity index (χ4v) is 2.69. The van der Waals surface area contributed by atoms with Crippen molar-refractivity contribution in [2.75, 3.05) is 26.2 Å². The fraction of sp³-hybridized carbons (Fsp3) is 0.500. The first-order valence-corrected chi connectivity index (χ1v) is 8.05. The Morgan fingerprint density at radius 3 is 2.68 bits per heavy atom. The first-order chi connectivity index (χ1) is 10.7. The lowest BCUT2D eigenvalue weighted by molar-refractivity contribution is -0.143. The third-order valence-electron chi connectivity index (χ3n) is 3.94. The average Bonchev–Trinajstić information content (AvgIpc) is 2.53. The Morgan fingerprint density at radius 1 is 1.27 bits per heavy atom. The summed E-state index contributed by atoms with van der Waals surface area (Å²) in [4.78, 5) is 13.7. The molecule has 0 radical (unpaired) electrons. The minimum atomic E-state index is -0.0874. The van der Waals surface area contributed by atoms with E-state index in [2.05, 4.69) is 11.0 Å². The molecule has 0 spiro atoms. The Kier molecular flexibility index (Phi) is 6.46. The van der Waals surface area contributed by atoms with Crippen molar-refractivity contribution < 1.29 is 14.6 Å². The summed E-state index contributed by atoms with van der Waals surface area (Å²) in [6.07, 6.45) is 5.74. The minimum Gasteiger partial charge on any atom is -0.508 e. The van der Waals surface area contributed by atoms with Crippen LogP contribution < -0.4 is 0 Å². The number of nitrogens with zero attached hydrogens (tertiary/aromatic N) is 1. The van der Waals surface area contributed by atoms with Crippen LogP contribution in [0.3, 0.4) is 0 Å². The van der Waals surface area contributed by atoms with Gasteiger partial charge in [0.2, 0.25) is 0 Å². The van der Waals surface area contributed by atoms with E-state index in [9.17, 15) is 9.90 Å². The van der Waals surface area contributed by atoms with Crippen LogP contribution in [0.2, 0.25) is 0 Å². The van der Waals surface area contributed by atoms with E-state index in [1.165, 1.54) is 11.1 Å². The molecule has 22 heavy (non-hydrogen) atoms. The molecule has 1 aromatic carbocycles. The summed E-state index contributed by atoms with van der Waals surface area (Å²) in [6, 6.07) is 7.40. The van der Waals surface area contributed by atoms with Crippen LogP contribution in [0.5, 0.6) is 5.75 Å². The number of rotatable bonds is 7. The summed E-state index contributed by atoms with van der Waals surface area (Å²) in [5.74, 6) is 0.221. The zero-order valence-electron chi connectivity index (χ0n) is 13.3. The summed E-state index contributed by atoms with van der Waals surface area (Å²) < 4.78 is 4.93. The van der Waals surface area contributed by atoms with Gasteiger partial charge in [-0.3, -0.25) is 9.69 Å². The smallest absolute Gasteiger partial charge is 0.305 e. The van der Waals surface area contributed by atoms with Gasteiger partial charge in [-0.25, -0.2) is 0 Å². The van der Waals surface area contributed by atoms with E-state index in [1.54, 1.807) is 12.1 Å². The molecule has 0 aliphatic carbocycles. The van der Waals surface area contributed by atoms with Crippen LogP contribution in [-0.4, -0.2) is 42.2 Å². The average molecular weight is 303 g/mol. The second kappa shape index (κ2) is 8.59. The van der Waals surface area contributed by atoms with Crippen molar-refractivity contribution in [3.8, 4) is 5.75 Å². The Balaban J connectivity index is 1.70. The third kappa shape index (κ3) is 5.19. The molecule has 0 unspecified atom stereocenters. The molecule has 4 heteroatoms. The van der Waals surface area contributed by atoms with Crippen molar-refractivity contribution in [2.24, 2.45) is 0 Å². The van der Waals surface area contributed by atoms with Gasteiger partial charge in [0.25, 0.3) is 0 Å². The van der Waals surface area contributed by atoms with E-state index in [-0.39, 0.29) is 5.97 Å². The van der Waals surface area contributed by atoms with Gasteiger partial charge >= 0.3 is 5.97 Å². The number of esters is 1. The van der Waals surface area contributed by atoms with Crippen molar-refractivity contribution in [1.82, 2.24) is 4.90 Å². The summed E-state index contributed by atoms with van der Waals surface area (Å²) >= 11 is 0. The van der Waals surface area contributed by atoms with Gasteiger partial charge in [0.15, 0.2) is 0 Å². The van der Waals surface area contributed by atoms with Crippen LogP contribution in [0.15, 0.2) is 30.3 Å². The molecule has 0 bridgehead atoms. The molecule has 1 aromatic rings. The van der Waals surface area contributed by atoms with Gasteiger partial charge in [-0.2, -0.15) is 0 Å². The van der Waals surface area contributed by atoms with Crippen molar-refractivity contribution >= 4 is 11.5 Å². The van der Waals surface area contributed by atoms with E-state index in [0.29, 0.717) is 18.8 Å². The summed E-state index contributed by atoms with van der Waals surface area (Å²) in [5, 5.41) is 9.33. The number of hydrogen-bond acceptors (Lipinski definition) is 4. The number of unbranched alkanes of at least 4 members (excludes halogenated alkanes) is 1. The Bertz CT molecular complexity index is 508. The Morgan fingerprint density at radius 2 is 2.05 bits per heavy atom. The normalized spacial score (nSPS) is 15.4. The number of carbonyl (C=O) groups is 1. The van der Waals surface area contributed by atoms with E-state index < -0.39 is 0 Å². The highest BCUT2D eigenvalue weighted by Gasteiger charge is 2.12. The largest absolute Gasteiger partial charge is 0.508 e. The molecule has 0 atom stereocenters. The van der Waals surface area contributed by atoms with Crippen LogP contribution in [0.25, 0.3) is 5.57 Å². The summed E-state index contributed by atoms with van der Waals surface area (Å²) in [7, 11) is 0. The second-order valence-electron chi connectivity index (χ2n) is 5.59. The van der Waals surface area contributed by atoms with Crippen LogP contribution in [-0.2, 0) is 9.53 Å². The molecule has 4 nitrogen and oxygen atoms in total. The maximum absolute atomic E-state index is 11.3. The first-order valence-electron chi connectivity index (χ1n) is 8.05. The molecule has 0 saturated carbocycles. The zero-order chi connectivity index (χ0) is 15.8. The van der Waals surface area contributed by atoms with Crippen LogP contribution in [0.4, 0.5) is 0 Å². The van der Waals surface area contributed by atoms with Gasteiger partial charge in [0.1, 0.15) is 5.75 Å². The van der Waals surface area contributed by atoms with Gasteiger partial charge < -0.3 is 9.84 Å². The Hall–Kier alpha value is -1.81. The first kappa shape index (κ1) is 16.6. The number of phenols is 1. The lowest BCUT2D eigenvalue weighted by atomic mass is 9.99. The molecule has 120 valence electrons. The van der Waals surface area contributed by atoms with Crippen molar-refractivity contribution in [1.29, 1.82) is 0 Å². The lowest BCUT2D eigenvalue weighted by Crippen LogP contribution is -2.29. The van der Waals surface area contributed by atoms with E-state index in [1.807, 2.05) is 19.1 Å². The summed E-state index contributed by atoms with van der Waals surface area (Å²) in [5.41, 5.74) is 2.54. The SMILES string of the molecule is CCOC(=O)CCCCN1CC=C(c2ccc(O)cc2)CC1. The van der Waals surface area contributed by atoms with Gasteiger partial charge in [0, 0.05) is 19.5 Å². The van der Waals surface area contributed by atoms with Crippen molar-refractivity contribution in [3.63, 3.8) is 0 Å². The molecule has 1 aliphatic heterocycles. The highest BCUT2D eigenvalue weighted by atomic mass is 16.5. The molecule has 0 aromatic heterocycles. The third-order valence-corrected chi connectivity index (χ3v) is 3.94. The van der Waals surface area contributed by atoms with Gasteiger partial charge in [-0.15, -0.1) is 0 Å². The predicted molar refractivity (Wildman–Crippen MR) is 87.6 cm³/mol. The van der Waals surface area contributed by atoms with Gasteiger partial charge in [-0.05, 0) is 56.0 Å². The quantitative estimate of drug-likeness (QED) is 0.621. The molecular formula is C18H25NO3. The standard InChI is InChI=1S/C18H25NO3/c1-2-22-18(21)5-3-4-12-19-13-10-16(11-14-19)15-6-8-17(20)9-7-15/h6-10,20H,2-5,11-14H2,1H3. The molecule has 1 aliphatic rings. The minimum absolute atomic E-state index is 0.0874. The van der Waals surface area contributed by atoms with Gasteiger partial charge in [0.05, 0.1) is 6.61 Å². The molecule has 2 rings (SSSR count). The zero-order valence-corrected chi connectivity index (χ0v) is 13.3.